The fourth-order valence-corrected chi connectivity index (χ4v) is 2.72. The summed E-state index contributed by atoms with van der Waals surface area (Å²) in [5, 5.41) is 13.5. The quantitative estimate of drug-likeness (QED) is 0.850. The number of aryl methyl sites for hydroxylation is 1. The van der Waals surface area contributed by atoms with Crippen molar-refractivity contribution in [3.05, 3.63) is 34.6 Å². The number of rotatable bonds is 7. The lowest BCUT2D eigenvalue weighted by molar-refractivity contribution is 0.313. The van der Waals surface area contributed by atoms with Gasteiger partial charge in [0.25, 0.3) is 0 Å². The first-order valence-electron chi connectivity index (χ1n) is 6.84. The van der Waals surface area contributed by atoms with E-state index in [1.165, 1.54) is 0 Å². The molecule has 0 aromatic carbocycles. The molecule has 0 bridgehead atoms. The Hall–Kier alpha value is -1.53. The third-order valence-corrected chi connectivity index (χ3v) is 3.64. The molecular weight excluding hydrogens is 270 g/mol. The average Bonchev–Trinajstić information content (AvgIpc) is 2.83. The van der Waals surface area contributed by atoms with Crippen LogP contribution in [-0.4, -0.2) is 33.7 Å². The number of hydrogen-bond donors (Lipinski definition) is 1. The number of nitrogens with zero attached hydrogens (tertiary/aromatic N) is 4. The number of aromatic nitrogens is 3. The molecular formula is C14H21N5S. The molecule has 2 rings (SSSR count). The van der Waals surface area contributed by atoms with Crippen LogP contribution in [0.1, 0.15) is 29.7 Å². The summed E-state index contributed by atoms with van der Waals surface area (Å²) in [6.45, 7) is 6.70. The molecule has 108 valence electrons. The van der Waals surface area contributed by atoms with Crippen LogP contribution >= 0.6 is 11.3 Å². The maximum Gasteiger partial charge on any atom is 0.205 e. The molecule has 6 heteroatoms. The van der Waals surface area contributed by atoms with Crippen molar-refractivity contribution in [2.24, 2.45) is 0 Å². The molecule has 0 amide bonds. The molecule has 2 aromatic rings. The van der Waals surface area contributed by atoms with Crippen LogP contribution < -0.4 is 5.32 Å². The van der Waals surface area contributed by atoms with E-state index < -0.39 is 0 Å². The first-order chi connectivity index (χ1) is 9.67. The van der Waals surface area contributed by atoms with Gasteiger partial charge < -0.3 is 5.32 Å². The highest BCUT2D eigenvalue weighted by Gasteiger charge is 2.08. The number of anilines is 1. The van der Waals surface area contributed by atoms with Crippen LogP contribution in [0.3, 0.4) is 0 Å². The lowest BCUT2D eigenvalue weighted by atomic mass is 10.3. The van der Waals surface area contributed by atoms with Crippen molar-refractivity contribution in [1.82, 2.24) is 20.1 Å². The predicted octanol–water partition coefficient (Wildman–Crippen LogP) is 2.70. The van der Waals surface area contributed by atoms with Crippen molar-refractivity contribution in [2.75, 3.05) is 18.9 Å². The second-order valence-electron chi connectivity index (χ2n) is 4.87. The van der Waals surface area contributed by atoms with Gasteiger partial charge in [-0.25, -0.2) is 0 Å². The van der Waals surface area contributed by atoms with Gasteiger partial charge in [0, 0.05) is 18.8 Å². The van der Waals surface area contributed by atoms with Gasteiger partial charge in [0.1, 0.15) is 5.01 Å². The monoisotopic (exact) mass is 291 g/mol. The van der Waals surface area contributed by atoms with Gasteiger partial charge in [0.15, 0.2) is 0 Å². The second-order valence-corrected chi connectivity index (χ2v) is 5.93. The fraction of sp³-hybridized carbons (Fsp3) is 0.500. The zero-order valence-electron chi connectivity index (χ0n) is 12.3. The molecule has 0 fully saturated rings. The van der Waals surface area contributed by atoms with Crippen molar-refractivity contribution >= 4 is 16.5 Å². The van der Waals surface area contributed by atoms with Crippen molar-refractivity contribution in [3.8, 4) is 0 Å². The molecule has 0 aliphatic rings. The van der Waals surface area contributed by atoms with Gasteiger partial charge in [-0.1, -0.05) is 24.3 Å². The average molecular weight is 291 g/mol. The molecule has 2 aromatic heterocycles. The SMILES string of the molecule is CCCNc1nnc(CN(C)Cc2cccc(C)n2)s1. The molecule has 0 spiro atoms. The number of hydrogen-bond acceptors (Lipinski definition) is 6. The first-order valence-corrected chi connectivity index (χ1v) is 7.66. The van der Waals surface area contributed by atoms with Gasteiger partial charge in [-0.05, 0) is 32.5 Å². The minimum atomic E-state index is 0.793. The third kappa shape index (κ3) is 4.54. The van der Waals surface area contributed by atoms with E-state index in [0.717, 1.165) is 47.6 Å². The highest BCUT2D eigenvalue weighted by molar-refractivity contribution is 7.15. The summed E-state index contributed by atoms with van der Waals surface area (Å²) >= 11 is 1.62. The first kappa shape index (κ1) is 14.9. The highest BCUT2D eigenvalue weighted by atomic mass is 32.1. The zero-order valence-corrected chi connectivity index (χ0v) is 13.1. The van der Waals surface area contributed by atoms with E-state index in [2.05, 4.69) is 45.4 Å². The van der Waals surface area contributed by atoms with Crippen LogP contribution in [0.4, 0.5) is 5.13 Å². The maximum atomic E-state index is 4.51. The molecule has 2 heterocycles. The largest absolute Gasteiger partial charge is 0.360 e. The van der Waals surface area contributed by atoms with E-state index in [0.29, 0.717) is 0 Å². The highest BCUT2D eigenvalue weighted by Crippen LogP contribution is 2.17. The minimum Gasteiger partial charge on any atom is -0.360 e. The Balaban J connectivity index is 1.87. The summed E-state index contributed by atoms with van der Waals surface area (Å²) in [6, 6.07) is 6.11. The summed E-state index contributed by atoms with van der Waals surface area (Å²) in [5.74, 6) is 0. The van der Waals surface area contributed by atoms with Crippen LogP contribution in [0, 0.1) is 6.92 Å². The van der Waals surface area contributed by atoms with Gasteiger partial charge in [-0.3, -0.25) is 9.88 Å². The number of pyridine rings is 1. The van der Waals surface area contributed by atoms with E-state index in [4.69, 9.17) is 0 Å². The molecule has 20 heavy (non-hydrogen) atoms. The summed E-state index contributed by atoms with van der Waals surface area (Å²) in [6.07, 6.45) is 1.09. The Morgan fingerprint density at radius 1 is 1.25 bits per heavy atom. The fourth-order valence-electron chi connectivity index (χ4n) is 1.87. The molecule has 0 saturated heterocycles. The third-order valence-electron chi connectivity index (χ3n) is 2.78. The summed E-state index contributed by atoms with van der Waals surface area (Å²) in [5.41, 5.74) is 2.14. The molecule has 0 radical (unpaired) electrons. The molecule has 0 aliphatic heterocycles. The Bertz CT molecular complexity index is 540. The standard InChI is InChI=1S/C14H21N5S/c1-4-8-15-14-18-17-13(20-14)10-19(3)9-12-7-5-6-11(2)16-12/h5-7H,4,8-10H2,1-3H3,(H,15,18). The topological polar surface area (TPSA) is 53.9 Å². The Morgan fingerprint density at radius 2 is 2.10 bits per heavy atom. The van der Waals surface area contributed by atoms with Crippen LogP contribution in [0.5, 0.6) is 0 Å². The lowest BCUT2D eigenvalue weighted by Crippen LogP contribution is -2.18. The molecule has 0 aliphatic carbocycles. The molecule has 1 N–H and O–H groups in total. The Morgan fingerprint density at radius 3 is 2.85 bits per heavy atom. The van der Waals surface area contributed by atoms with E-state index in [1.807, 2.05) is 19.1 Å². The van der Waals surface area contributed by atoms with Crippen molar-refractivity contribution in [2.45, 2.75) is 33.4 Å². The Labute approximate surface area is 124 Å². The van der Waals surface area contributed by atoms with Crippen LogP contribution in [0.25, 0.3) is 0 Å². The summed E-state index contributed by atoms with van der Waals surface area (Å²) in [4.78, 5) is 6.71. The van der Waals surface area contributed by atoms with Crippen molar-refractivity contribution in [3.63, 3.8) is 0 Å². The van der Waals surface area contributed by atoms with Gasteiger partial charge in [-0.15, -0.1) is 10.2 Å². The van der Waals surface area contributed by atoms with Crippen LogP contribution in [0.15, 0.2) is 18.2 Å². The van der Waals surface area contributed by atoms with Crippen molar-refractivity contribution < 1.29 is 0 Å². The van der Waals surface area contributed by atoms with Gasteiger partial charge in [0.2, 0.25) is 5.13 Å². The zero-order chi connectivity index (χ0) is 14.4. The minimum absolute atomic E-state index is 0.793. The molecule has 0 atom stereocenters. The predicted molar refractivity (Wildman–Crippen MR) is 82.8 cm³/mol. The second kappa shape index (κ2) is 7.31. The molecule has 0 unspecified atom stereocenters. The van der Waals surface area contributed by atoms with E-state index >= 15 is 0 Å². The lowest BCUT2D eigenvalue weighted by Gasteiger charge is -2.14. The van der Waals surface area contributed by atoms with E-state index in [1.54, 1.807) is 11.3 Å². The summed E-state index contributed by atoms with van der Waals surface area (Å²) < 4.78 is 0. The Kier molecular flexibility index (Phi) is 5.43. The normalized spacial score (nSPS) is 11.0. The smallest absolute Gasteiger partial charge is 0.205 e. The molecule has 0 saturated carbocycles. The van der Waals surface area contributed by atoms with Crippen LogP contribution in [0.2, 0.25) is 0 Å². The van der Waals surface area contributed by atoms with Crippen molar-refractivity contribution in [1.29, 1.82) is 0 Å². The maximum absolute atomic E-state index is 4.51. The molecule has 5 nitrogen and oxygen atoms in total. The van der Waals surface area contributed by atoms with E-state index in [-0.39, 0.29) is 0 Å². The van der Waals surface area contributed by atoms with Gasteiger partial charge in [-0.2, -0.15) is 0 Å². The van der Waals surface area contributed by atoms with E-state index in [9.17, 15) is 0 Å². The van der Waals surface area contributed by atoms with Gasteiger partial charge in [0.05, 0.1) is 12.2 Å². The van der Waals surface area contributed by atoms with Gasteiger partial charge >= 0.3 is 0 Å². The summed E-state index contributed by atoms with van der Waals surface area (Å²) in [7, 11) is 2.07. The van der Waals surface area contributed by atoms with Crippen LogP contribution in [-0.2, 0) is 13.1 Å². The number of nitrogens with one attached hydrogen (secondary N) is 1.